The Hall–Kier alpha value is -1.16. The highest BCUT2D eigenvalue weighted by Crippen LogP contribution is 2.26. The van der Waals surface area contributed by atoms with Crippen molar-refractivity contribution in [2.45, 2.75) is 6.92 Å². The first-order chi connectivity index (χ1) is 5.68. The van der Waals surface area contributed by atoms with Crippen LogP contribution in [0, 0.1) is 12.7 Å². The SMILES string of the molecule is Cc1cc2c(N)nsc2cc1F. The van der Waals surface area contributed by atoms with Gasteiger partial charge in [0.2, 0.25) is 0 Å². The number of hydrogen-bond donors (Lipinski definition) is 1. The fourth-order valence-corrected chi connectivity index (χ4v) is 1.80. The molecule has 1 heterocycles. The largest absolute Gasteiger partial charge is 0.382 e. The average molecular weight is 182 g/mol. The van der Waals surface area contributed by atoms with E-state index in [1.165, 1.54) is 17.6 Å². The van der Waals surface area contributed by atoms with Gasteiger partial charge in [0, 0.05) is 5.39 Å². The smallest absolute Gasteiger partial charge is 0.144 e. The maximum Gasteiger partial charge on any atom is 0.144 e. The summed E-state index contributed by atoms with van der Waals surface area (Å²) in [5.74, 6) is 0.282. The molecule has 0 saturated carbocycles. The number of aromatic nitrogens is 1. The number of nitrogen functional groups attached to an aromatic ring is 1. The molecule has 0 amide bonds. The van der Waals surface area contributed by atoms with Crippen LogP contribution in [0.5, 0.6) is 0 Å². The van der Waals surface area contributed by atoms with E-state index < -0.39 is 0 Å². The van der Waals surface area contributed by atoms with Crippen LogP contribution in [-0.4, -0.2) is 4.37 Å². The van der Waals surface area contributed by atoms with Gasteiger partial charge in [-0.3, -0.25) is 0 Å². The summed E-state index contributed by atoms with van der Waals surface area (Å²) in [7, 11) is 0. The highest BCUT2D eigenvalue weighted by Gasteiger charge is 2.05. The molecule has 0 aliphatic carbocycles. The molecule has 0 saturated heterocycles. The third-order valence-electron chi connectivity index (χ3n) is 1.78. The Labute approximate surface area is 73.0 Å². The number of nitrogens with two attached hydrogens (primary N) is 1. The van der Waals surface area contributed by atoms with Gasteiger partial charge in [-0.15, -0.1) is 0 Å². The van der Waals surface area contributed by atoms with Crippen LogP contribution in [0.15, 0.2) is 12.1 Å². The first kappa shape index (κ1) is 7.49. The fourth-order valence-electron chi connectivity index (χ4n) is 1.09. The molecule has 0 aliphatic heterocycles. The Morgan fingerprint density at radius 2 is 2.25 bits per heavy atom. The van der Waals surface area contributed by atoms with Gasteiger partial charge in [-0.1, -0.05) is 0 Å². The molecule has 0 radical (unpaired) electrons. The maximum atomic E-state index is 13.0. The van der Waals surface area contributed by atoms with Crippen molar-refractivity contribution in [2.75, 3.05) is 5.73 Å². The zero-order valence-electron chi connectivity index (χ0n) is 6.47. The van der Waals surface area contributed by atoms with Crippen molar-refractivity contribution in [1.29, 1.82) is 0 Å². The summed E-state index contributed by atoms with van der Waals surface area (Å²) in [6, 6.07) is 3.20. The third-order valence-corrected chi connectivity index (χ3v) is 2.60. The molecule has 2 N–H and O–H groups in total. The molecule has 0 spiro atoms. The summed E-state index contributed by atoms with van der Waals surface area (Å²) >= 11 is 1.22. The van der Waals surface area contributed by atoms with E-state index >= 15 is 0 Å². The molecule has 0 aliphatic rings. The van der Waals surface area contributed by atoms with Gasteiger partial charge in [-0.25, -0.2) is 4.39 Å². The average Bonchev–Trinajstić information content (AvgIpc) is 2.35. The first-order valence-electron chi connectivity index (χ1n) is 3.49. The highest BCUT2D eigenvalue weighted by atomic mass is 32.1. The van der Waals surface area contributed by atoms with Gasteiger partial charge in [0.15, 0.2) is 0 Å². The van der Waals surface area contributed by atoms with E-state index in [1.54, 1.807) is 13.0 Å². The molecule has 2 nitrogen and oxygen atoms in total. The van der Waals surface area contributed by atoms with Crippen LogP contribution in [0.4, 0.5) is 10.2 Å². The second-order valence-electron chi connectivity index (χ2n) is 2.67. The molecule has 0 unspecified atom stereocenters. The molecule has 1 aromatic heterocycles. The fraction of sp³-hybridized carbons (Fsp3) is 0.125. The number of hydrogen-bond acceptors (Lipinski definition) is 3. The normalized spacial score (nSPS) is 10.8. The van der Waals surface area contributed by atoms with Gasteiger partial charge >= 0.3 is 0 Å². The lowest BCUT2D eigenvalue weighted by atomic mass is 10.2. The zero-order valence-corrected chi connectivity index (χ0v) is 7.28. The summed E-state index contributed by atoms with van der Waals surface area (Å²) in [5, 5.41) is 0.846. The quantitative estimate of drug-likeness (QED) is 0.679. The van der Waals surface area contributed by atoms with Crippen LogP contribution >= 0.6 is 11.5 Å². The van der Waals surface area contributed by atoms with Gasteiger partial charge in [0.1, 0.15) is 11.6 Å². The van der Waals surface area contributed by atoms with Crippen molar-refractivity contribution in [3.8, 4) is 0 Å². The second kappa shape index (κ2) is 2.42. The van der Waals surface area contributed by atoms with Crippen molar-refractivity contribution in [1.82, 2.24) is 4.37 Å². The molecule has 1 aromatic carbocycles. The van der Waals surface area contributed by atoms with E-state index in [2.05, 4.69) is 4.37 Å². The van der Waals surface area contributed by atoms with Crippen molar-refractivity contribution >= 4 is 27.4 Å². The van der Waals surface area contributed by atoms with Gasteiger partial charge < -0.3 is 5.73 Å². The molecular weight excluding hydrogens is 175 g/mol. The predicted octanol–water partition coefficient (Wildman–Crippen LogP) is 2.33. The lowest BCUT2D eigenvalue weighted by molar-refractivity contribution is 0.621. The molecular formula is C8H7FN2S. The molecule has 0 fully saturated rings. The number of fused-ring (bicyclic) bond motifs is 1. The van der Waals surface area contributed by atoms with Crippen molar-refractivity contribution in [3.05, 3.63) is 23.5 Å². The molecule has 12 heavy (non-hydrogen) atoms. The van der Waals surface area contributed by atoms with E-state index in [0.29, 0.717) is 11.4 Å². The minimum absolute atomic E-state index is 0.203. The molecule has 62 valence electrons. The Kier molecular flexibility index (Phi) is 1.51. The first-order valence-corrected chi connectivity index (χ1v) is 4.27. The highest BCUT2D eigenvalue weighted by molar-refractivity contribution is 7.13. The van der Waals surface area contributed by atoms with E-state index in [-0.39, 0.29) is 5.82 Å². The zero-order chi connectivity index (χ0) is 8.72. The van der Waals surface area contributed by atoms with Crippen LogP contribution in [-0.2, 0) is 0 Å². The monoisotopic (exact) mass is 182 g/mol. The number of aryl methyl sites for hydroxylation is 1. The standard InChI is InChI=1S/C8H7FN2S/c1-4-2-5-7(3-6(4)9)12-11-8(5)10/h2-3H,1H3,(H2,10,11). The van der Waals surface area contributed by atoms with Crippen LogP contribution in [0.3, 0.4) is 0 Å². The summed E-state index contributed by atoms with van der Waals surface area (Å²) < 4.78 is 17.7. The van der Waals surface area contributed by atoms with Crippen LogP contribution in [0.25, 0.3) is 10.1 Å². The molecule has 2 aromatic rings. The van der Waals surface area contributed by atoms with Crippen LogP contribution in [0.2, 0.25) is 0 Å². The number of nitrogens with zero attached hydrogens (tertiary/aromatic N) is 1. The Balaban J connectivity index is 2.87. The lowest BCUT2D eigenvalue weighted by Crippen LogP contribution is -1.85. The third kappa shape index (κ3) is 0.956. The number of rotatable bonds is 0. The van der Waals surface area contributed by atoms with Gasteiger partial charge in [0.05, 0.1) is 4.70 Å². The molecule has 2 rings (SSSR count). The molecule has 4 heteroatoms. The van der Waals surface area contributed by atoms with Crippen LogP contribution in [0.1, 0.15) is 5.56 Å². The van der Waals surface area contributed by atoms with Gasteiger partial charge in [-0.2, -0.15) is 4.37 Å². The lowest BCUT2D eigenvalue weighted by Gasteiger charge is -1.95. The topological polar surface area (TPSA) is 38.9 Å². The van der Waals surface area contributed by atoms with E-state index in [1.807, 2.05) is 0 Å². The van der Waals surface area contributed by atoms with E-state index in [0.717, 1.165) is 10.1 Å². The molecule has 0 bridgehead atoms. The minimum atomic E-state index is -0.203. The predicted molar refractivity (Wildman–Crippen MR) is 48.7 cm³/mol. The Bertz CT molecular complexity index is 436. The van der Waals surface area contributed by atoms with E-state index in [9.17, 15) is 4.39 Å². The van der Waals surface area contributed by atoms with Gasteiger partial charge in [0.25, 0.3) is 0 Å². The second-order valence-corrected chi connectivity index (χ2v) is 3.47. The summed E-state index contributed by atoms with van der Waals surface area (Å²) in [4.78, 5) is 0. The van der Waals surface area contributed by atoms with Gasteiger partial charge in [-0.05, 0) is 36.2 Å². The molecule has 0 atom stereocenters. The minimum Gasteiger partial charge on any atom is -0.382 e. The Morgan fingerprint density at radius 3 is 3.00 bits per heavy atom. The summed E-state index contributed by atoms with van der Waals surface area (Å²) in [5.41, 5.74) is 6.18. The van der Waals surface area contributed by atoms with E-state index in [4.69, 9.17) is 5.73 Å². The van der Waals surface area contributed by atoms with Crippen molar-refractivity contribution in [2.24, 2.45) is 0 Å². The summed E-state index contributed by atoms with van der Waals surface area (Å²) in [6.45, 7) is 1.71. The number of anilines is 1. The number of benzene rings is 1. The summed E-state index contributed by atoms with van der Waals surface area (Å²) in [6.07, 6.45) is 0. The van der Waals surface area contributed by atoms with Crippen LogP contribution < -0.4 is 5.73 Å². The Morgan fingerprint density at radius 1 is 1.50 bits per heavy atom. The number of halogens is 1. The van der Waals surface area contributed by atoms with Crippen molar-refractivity contribution < 1.29 is 4.39 Å². The van der Waals surface area contributed by atoms with Crippen molar-refractivity contribution in [3.63, 3.8) is 0 Å². The maximum absolute atomic E-state index is 13.0.